The van der Waals surface area contributed by atoms with E-state index in [2.05, 4.69) is 50.3 Å². The summed E-state index contributed by atoms with van der Waals surface area (Å²) < 4.78 is 32.7. The van der Waals surface area contributed by atoms with Gasteiger partial charge in [0.2, 0.25) is 0 Å². The number of carbonyl (C=O) groups is 2. The number of hydrogen-bond donors (Lipinski definition) is 2. The highest BCUT2D eigenvalue weighted by Gasteiger charge is 2.26. The average Bonchev–Trinajstić information content (AvgIpc) is 3.18. The Hall–Kier alpha value is -1.77. The molecule has 0 aliphatic heterocycles. The lowest BCUT2D eigenvalue weighted by Gasteiger charge is -2.19. The van der Waals surface area contributed by atoms with E-state index in [1.807, 2.05) is 0 Å². The molecule has 0 bridgehead atoms. The molecule has 0 saturated carbocycles. The van der Waals surface area contributed by atoms with Crippen LogP contribution in [0.15, 0.2) is 36.5 Å². The van der Waals surface area contributed by atoms with Gasteiger partial charge in [-0.3, -0.25) is 18.6 Å². The third-order valence-electron chi connectivity index (χ3n) is 9.78. The smallest absolute Gasteiger partial charge is 0.462 e. The molecule has 3 N–H and O–H groups in total. The molecule has 0 aromatic carbocycles. The van der Waals surface area contributed by atoms with Gasteiger partial charge in [-0.25, -0.2) is 4.57 Å². The van der Waals surface area contributed by atoms with Crippen LogP contribution in [0.25, 0.3) is 0 Å². The molecule has 0 aromatic rings. The van der Waals surface area contributed by atoms with Crippen molar-refractivity contribution in [3.05, 3.63) is 36.5 Å². The van der Waals surface area contributed by atoms with Gasteiger partial charge in [-0.2, -0.15) is 0 Å². The number of phosphoric ester groups is 1. The molecule has 9 nitrogen and oxygen atoms in total. The Kier molecular flexibility index (Phi) is 41.5. The van der Waals surface area contributed by atoms with Gasteiger partial charge in [0.25, 0.3) is 0 Å². The van der Waals surface area contributed by atoms with E-state index in [0.29, 0.717) is 6.42 Å². The normalized spacial score (nSPS) is 13.6. The second-order valence-electron chi connectivity index (χ2n) is 15.3. The van der Waals surface area contributed by atoms with Gasteiger partial charge in [0.15, 0.2) is 6.10 Å². The minimum Gasteiger partial charge on any atom is -0.462 e. The zero-order valence-corrected chi connectivity index (χ0v) is 37.0. The summed E-state index contributed by atoms with van der Waals surface area (Å²) >= 11 is 0. The third-order valence-corrected chi connectivity index (χ3v) is 10.8. The fraction of sp³-hybridized carbons (Fsp3) is 0.826. The molecule has 2 atom stereocenters. The van der Waals surface area contributed by atoms with Crippen LogP contribution in [0.4, 0.5) is 0 Å². The van der Waals surface area contributed by atoms with Gasteiger partial charge >= 0.3 is 19.8 Å². The fourth-order valence-electron chi connectivity index (χ4n) is 6.35. The van der Waals surface area contributed by atoms with Gasteiger partial charge in [-0.05, 0) is 51.4 Å². The average molecular weight is 812 g/mol. The van der Waals surface area contributed by atoms with E-state index in [-0.39, 0.29) is 38.6 Å². The lowest BCUT2D eigenvalue weighted by Crippen LogP contribution is -2.29. The zero-order chi connectivity index (χ0) is 41.1. The predicted octanol–water partition coefficient (Wildman–Crippen LogP) is 13.3. The van der Waals surface area contributed by atoms with Crippen LogP contribution in [0.2, 0.25) is 0 Å². The number of rotatable bonds is 43. The van der Waals surface area contributed by atoms with Crippen LogP contribution in [0.3, 0.4) is 0 Å². The van der Waals surface area contributed by atoms with Crippen LogP contribution < -0.4 is 5.73 Å². The van der Waals surface area contributed by atoms with Crippen molar-refractivity contribution in [1.82, 2.24) is 0 Å². The van der Waals surface area contributed by atoms with Crippen LogP contribution in [-0.2, 0) is 32.7 Å². The first-order chi connectivity index (χ1) is 27.3. The van der Waals surface area contributed by atoms with E-state index in [0.717, 1.165) is 51.4 Å². The highest BCUT2D eigenvalue weighted by Crippen LogP contribution is 2.43. The number of allylic oxidation sites excluding steroid dienone is 6. The van der Waals surface area contributed by atoms with Gasteiger partial charge in [-0.15, -0.1) is 0 Å². The molecule has 0 saturated heterocycles. The molecule has 2 unspecified atom stereocenters. The molecule has 10 heteroatoms. The number of carbonyl (C=O) groups excluding carboxylic acids is 2. The zero-order valence-electron chi connectivity index (χ0n) is 36.1. The predicted molar refractivity (Wildman–Crippen MR) is 234 cm³/mol. The minimum atomic E-state index is -4.37. The second-order valence-corrected chi connectivity index (χ2v) is 16.7. The second kappa shape index (κ2) is 42.8. The SMILES string of the molecule is CCCCCCC/C=C\C/C=C\C/C=C\CCCCCCCCCCCCCCC(=O)OC(COC(=O)CCCCCCCCCC)COP(=O)(O)OCCN. The van der Waals surface area contributed by atoms with E-state index in [1.165, 1.54) is 128 Å². The first-order valence-corrected chi connectivity index (χ1v) is 24.5. The van der Waals surface area contributed by atoms with Crippen molar-refractivity contribution in [2.24, 2.45) is 5.73 Å². The van der Waals surface area contributed by atoms with Crippen LogP contribution in [0.5, 0.6) is 0 Å². The maximum Gasteiger partial charge on any atom is 0.472 e. The number of phosphoric acid groups is 1. The molecule has 0 heterocycles. The summed E-state index contributed by atoms with van der Waals surface area (Å²) in [6.45, 7) is 3.69. The first kappa shape index (κ1) is 54.2. The van der Waals surface area contributed by atoms with Crippen molar-refractivity contribution in [3.63, 3.8) is 0 Å². The fourth-order valence-corrected chi connectivity index (χ4v) is 7.11. The first-order valence-electron chi connectivity index (χ1n) is 23.0. The summed E-state index contributed by atoms with van der Waals surface area (Å²) in [6.07, 6.45) is 47.7. The Morgan fingerprint density at radius 3 is 1.38 bits per heavy atom. The number of esters is 2. The molecule has 328 valence electrons. The van der Waals surface area contributed by atoms with Crippen molar-refractivity contribution in [2.45, 2.75) is 219 Å². The summed E-state index contributed by atoms with van der Waals surface area (Å²) in [6, 6.07) is 0. The van der Waals surface area contributed by atoms with E-state index < -0.39 is 26.5 Å². The summed E-state index contributed by atoms with van der Waals surface area (Å²) in [5, 5.41) is 0. The highest BCUT2D eigenvalue weighted by atomic mass is 31.2. The van der Waals surface area contributed by atoms with Crippen LogP contribution >= 0.6 is 7.82 Å². The Bertz CT molecular complexity index is 1020. The molecule has 0 aliphatic carbocycles. The maximum atomic E-state index is 12.6. The Balaban J connectivity index is 3.94. The Labute approximate surface area is 344 Å². The lowest BCUT2D eigenvalue weighted by molar-refractivity contribution is -0.161. The minimum absolute atomic E-state index is 0.0538. The van der Waals surface area contributed by atoms with Crippen molar-refractivity contribution < 1.29 is 37.6 Å². The van der Waals surface area contributed by atoms with E-state index >= 15 is 0 Å². The Morgan fingerprint density at radius 1 is 0.536 bits per heavy atom. The van der Waals surface area contributed by atoms with E-state index in [4.69, 9.17) is 24.3 Å². The molecule has 0 amide bonds. The monoisotopic (exact) mass is 812 g/mol. The largest absolute Gasteiger partial charge is 0.472 e. The van der Waals surface area contributed by atoms with Gasteiger partial charge < -0.3 is 20.1 Å². The topological polar surface area (TPSA) is 134 Å². The standard InChI is InChI=1S/C46H86NO8P/c1-3-5-7-9-11-13-14-15-16-17-18-19-20-21-22-23-24-25-26-27-28-29-30-31-33-35-37-39-46(49)55-44(43-54-56(50,51)53-41-40-47)42-52-45(48)38-36-34-32-12-10-8-6-4-2/h14-15,17-18,20-21,44H,3-13,16,19,22-43,47H2,1-2H3,(H,50,51)/b15-14-,18-17-,21-20-. The molecule has 0 spiro atoms. The van der Waals surface area contributed by atoms with E-state index in [9.17, 15) is 19.0 Å². The Morgan fingerprint density at radius 2 is 0.929 bits per heavy atom. The molecule has 56 heavy (non-hydrogen) atoms. The summed E-state index contributed by atoms with van der Waals surface area (Å²) in [4.78, 5) is 34.7. The van der Waals surface area contributed by atoms with Crippen molar-refractivity contribution in [3.8, 4) is 0 Å². The van der Waals surface area contributed by atoms with Crippen molar-refractivity contribution in [2.75, 3.05) is 26.4 Å². The van der Waals surface area contributed by atoms with Gasteiger partial charge in [0.05, 0.1) is 13.2 Å². The maximum absolute atomic E-state index is 12.6. The van der Waals surface area contributed by atoms with Crippen LogP contribution in [0.1, 0.15) is 213 Å². The third kappa shape index (κ3) is 41.9. The molecular formula is C46H86NO8P. The summed E-state index contributed by atoms with van der Waals surface area (Å²) in [5.74, 6) is -0.831. The van der Waals surface area contributed by atoms with Crippen molar-refractivity contribution >= 4 is 19.8 Å². The molecule has 0 radical (unpaired) electrons. The molecule has 0 aromatic heterocycles. The molecule has 0 aliphatic rings. The van der Waals surface area contributed by atoms with Crippen molar-refractivity contribution in [1.29, 1.82) is 0 Å². The molecule has 0 rings (SSSR count). The van der Waals surface area contributed by atoms with Crippen LogP contribution in [-0.4, -0.2) is 49.3 Å². The lowest BCUT2D eigenvalue weighted by atomic mass is 10.0. The number of ether oxygens (including phenoxy) is 2. The number of unbranched alkanes of at least 4 members (excludes halogenated alkanes) is 24. The van der Waals surface area contributed by atoms with Gasteiger partial charge in [0, 0.05) is 19.4 Å². The van der Waals surface area contributed by atoms with Gasteiger partial charge in [0.1, 0.15) is 6.61 Å². The van der Waals surface area contributed by atoms with E-state index in [1.54, 1.807) is 0 Å². The van der Waals surface area contributed by atoms with Crippen LogP contribution in [0, 0.1) is 0 Å². The molecule has 0 fully saturated rings. The summed E-state index contributed by atoms with van der Waals surface area (Å²) in [7, 11) is -4.37. The quantitative estimate of drug-likeness (QED) is 0.0267. The van der Waals surface area contributed by atoms with Gasteiger partial charge in [-0.1, -0.05) is 185 Å². The number of nitrogens with two attached hydrogens (primary N) is 1. The summed E-state index contributed by atoms with van der Waals surface area (Å²) in [5.41, 5.74) is 5.34. The molecular weight excluding hydrogens is 725 g/mol. The number of hydrogen-bond acceptors (Lipinski definition) is 8. The highest BCUT2D eigenvalue weighted by molar-refractivity contribution is 7.47.